The highest BCUT2D eigenvalue weighted by Crippen LogP contribution is 2.22. The molecule has 3 N–H and O–H groups in total. The molecule has 0 spiro atoms. The number of phenolic OH excluding ortho intramolecular Hbond substituents is 1. The number of aryl methyl sites for hydroxylation is 3. The number of carboxylic acids is 2. The van der Waals surface area contributed by atoms with Gasteiger partial charge in [0.1, 0.15) is 5.75 Å². The number of carboxylic acid groups (broad SMARTS) is 2. The SMILES string of the molecule is Cc1cc(O)c(C)c(C(=O)O)c1.Cc1ccc(C)c(C(=O)O)c1. The molecule has 5 nitrogen and oxygen atoms in total. The van der Waals surface area contributed by atoms with E-state index in [4.69, 9.17) is 10.2 Å². The van der Waals surface area contributed by atoms with Gasteiger partial charge in [-0.15, -0.1) is 0 Å². The maximum atomic E-state index is 10.6. The van der Waals surface area contributed by atoms with E-state index in [1.54, 1.807) is 32.9 Å². The van der Waals surface area contributed by atoms with Crippen molar-refractivity contribution in [3.05, 3.63) is 63.7 Å². The molecule has 122 valence electrons. The molecular formula is C18H20O5. The molecule has 0 aliphatic rings. The van der Waals surface area contributed by atoms with Crippen LogP contribution in [0, 0.1) is 27.7 Å². The highest BCUT2D eigenvalue weighted by molar-refractivity contribution is 5.90. The Morgan fingerprint density at radius 2 is 1.30 bits per heavy atom. The zero-order valence-electron chi connectivity index (χ0n) is 13.5. The second-order valence-corrected chi connectivity index (χ2v) is 5.39. The van der Waals surface area contributed by atoms with Crippen LogP contribution in [0.1, 0.15) is 43.0 Å². The van der Waals surface area contributed by atoms with E-state index in [1.165, 1.54) is 6.07 Å². The number of rotatable bonds is 2. The molecule has 0 aliphatic carbocycles. The Labute approximate surface area is 134 Å². The standard InChI is InChI=1S/C9H10O3.C9H10O2/c1-5-3-7(9(11)12)6(2)8(10)4-5;1-6-3-4-7(2)8(5-6)9(10)11/h3-4,10H,1-2H3,(H,11,12);3-5H,1-2H3,(H,10,11). The van der Waals surface area contributed by atoms with Gasteiger partial charge in [-0.1, -0.05) is 17.7 Å². The van der Waals surface area contributed by atoms with Gasteiger partial charge in [-0.2, -0.15) is 0 Å². The summed E-state index contributed by atoms with van der Waals surface area (Å²) in [5.74, 6) is -1.83. The minimum absolute atomic E-state index is 0.0346. The maximum absolute atomic E-state index is 10.6. The monoisotopic (exact) mass is 316 g/mol. The quantitative estimate of drug-likeness (QED) is 0.785. The Balaban J connectivity index is 0.000000231. The van der Waals surface area contributed by atoms with Crippen molar-refractivity contribution in [1.82, 2.24) is 0 Å². The fourth-order valence-corrected chi connectivity index (χ4v) is 2.03. The molecule has 0 atom stereocenters. The summed E-state index contributed by atoms with van der Waals surface area (Å²) in [5, 5.41) is 26.7. The van der Waals surface area contributed by atoms with Gasteiger partial charge in [0.25, 0.3) is 0 Å². The van der Waals surface area contributed by atoms with Crippen molar-refractivity contribution in [2.75, 3.05) is 0 Å². The first-order valence-electron chi connectivity index (χ1n) is 6.97. The summed E-state index contributed by atoms with van der Waals surface area (Å²) in [6.07, 6.45) is 0. The summed E-state index contributed by atoms with van der Waals surface area (Å²) in [7, 11) is 0. The van der Waals surface area contributed by atoms with Crippen LogP contribution >= 0.6 is 0 Å². The Bertz CT molecular complexity index is 747. The van der Waals surface area contributed by atoms with Gasteiger partial charge in [-0.25, -0.2) is 9.59 Å². The molecule has 0 saturated carbocycles. The minimum Gasteiger partial charge on any atom is -0.508 e. The lowest BCUT2D eigenvalue weighted by Gasteiger charge is -2.04. The highest BCUT2D eigenvalue weighted by atomic mass is 16.4. The second kappa shape index (κ2) is 7.45. The average Bonchev–Trinajstić information content (AvgIpc) is 2.45. The molecule has 2 aromatic rings. The van der Waals surface area contributed by atoms with E-state index in [0.29, 0.717) is 11.1 Å². The largest absolute Gasteiger partial charge is 0.508 e. The van der Waals surface area contributed by atoms with Gasteiger partial charge in [0.2, 0.25) is 0 Å². The number of hydrogen-bond donors (Lipinski definition) is 3. The van der Waals surface area contributed by atoms with Crippen LogP contribution < -0.4 is 0 Å². The number of benzene rings is 2. The topological polar surface area (TPSA) is 94.8 Å². The number of aromatic hydroxyl groups is 1. The van der Waals surface area contributed by atoms with Crippen LogP contribution in [0.15, 0.2) is 30.3 Å². The summed E-state index contributed by atoms with van der Waals surface area (Å²) < 4.78 is 0. The molecule has 0 unspecified atom stereocenters. The van der Waals surface area contributed by atoms with Crippen molar-refractivity contribution in [2.45, 2.75) is 27.7 Å². The predicted octanol–water partition coefficient (Wildman–Crippen LogP) is 3.71. The summed E-state index contributed by atoms with van der Waals surface area (Å²) in [6.45, 7) is 7.00. The van der Waals surface area contributed by atoms with Crippen LogP contribution in [0.3, 0.4) is 0 Å². The van der Waals surface area contributed by atoms with Crippen molar-refractivity contribution in [3.8, 4) is 5.75 Å². The first-order valence-corrected chi connectivity index (χ1v) is 6.97. The van der Waals surface area contributed by atoms with E-state index < -0.39 is 11.9 Å². The molecular weight excluding hydrogens is 296 g/mol. The van der Waals surface area contributed by atoms with Gasteiger partial charge >= 0.3 is 11.9 Å². The third-order valence-electron chi connectivity index (χ3n) is 3.38. The van der Waals surface area contributed by atoms with Crippen LogP contribution in [0.2, 0.25) is 0 Å². The van der Waals surface area contributed by atoms with E-state index in [9.17, 15) is 14.7 Å². The third kappa shape index (κ3) is 4.85. The van der Waals surface area contributed by atoms with E-state index in [0.717, 1.165) is 16.7 Å². The molecule has 0 amide bonds. The van der Waals surface area contributed by atoms with Gasteiger partial charge in [-0.3, -0.25) is 0 Å². The Morgan fingerprint density at radius 1 is 0.783 bits per heavy atom. The lowest BCUT2D eigenvalue weighted by Crippen LogP contribution is -2.00. The summed E-state index contributed by atoms with van der Waals surface area (Å²) in [5.41, 5.74) is 3.50. The molecule has 0 radical (unpaired) electrons. The fraction of sp³-hybridized carbons (Fsp3) is 0.222. The van der Waals surface area contributed by atoms with Gasteiger partial charge in [0.05, 0.1) is 11.1 Å². The third-order valence-corrected chi connectivity index (χ3v) is 3.38. The molecule has 23 heavy (non-hydrogen) atoms. The smallest absolute Gasteiger partial charge is 0.336 e. The normalized spacial score (nSPS) is 9.74. The molecule has 0 aromatic heterocycles. The van der Waals surface area contributed by atoms with Crippen LogP contribution in [0.5, 0.6) is 5.75 Å². The van der Waals surface area contributed by atoms with Gasteiger partial charge in [0.15, 0.2) is 0 Å². The van der Waals surface area contributed by atoms with Gasteiger partial charge in [-0.05, 0) is 57.0 Å². The summed E-state index contributed by atoms with van der Waals surface area (Å²) in [4.78, 5) is 21.2. The average molecular weight is 316 g/mol. The Kier molecular flexibility index (Phi) is 5.90. The van der Waals surface area contributed by atoms with Crippen molar-refractivity contribution in [3.63, 3.8) is 0 Å². The van der Waals surface area contributed by atoms with Crippen molar-refractivity contribution >= 4 is 11.9 Å². The molecule has 0 heterocycles. The van der Waals surface area contributed by atoms with E-state index >= 15 is 0 Å². The molecule has 0 bridgehead atoms. The number of aromatic carboxylic acids is 2. The zero-order chi connectivity index (χ0) is 17.7. The first-order chi connectivity index (χ1) is 10.6. The van der Waals surface area contributed by atoms with Gasteiger partial charge in [0, 0.05) is 5.56 Å². The van der Waals surface area contributed by atoms with Crippen LogP contribution in [-0.2, 0) is 0 Å². The number of hydrogen-bond acceptors (Lipinski definition) is 3. The Hall–Kier alpha value is -2.82. The maximum Gasteiger partial charge on any atom is 0.336 e. The second-order valence-electron chi connectivity index (χ2n) is 5.39. The highest BCUT2D eigenvalue weighted by Gasteiger charge is 2.10. The molecule has 2 rings (SSSR count). The zero-order valence-corrected chi connectivity index (χ0v) is 13.5. The predicted molar refractivity (Wildman–Crippen MR) is 87.4 cm³/mol. The first kappa shape index (κ1) is 18.2. The lowest BCUT2D eigenvalue weighted by molar-refractivity contribution is 0.0685. The fourth-order valence-electron chi connectivity index (χ4n) is 2.03. The molecule has 0 saturated heterocycles. The summed E-state index contributed by atoms with van der Waals surface area (Å²) >= 11 is 0. The molecule has 2 aromatic carbocycles. The lowest BCUT2D eigenvalue weighted by atomic mass is 10.0. The minimum atomic E-state index is -1.01. The van der Waals surface area contributed by atoms with E-state index in [1.807, 2.05) is 19.1 Å². The number of carbonyl (C=O) groups is 2. The van der Waals surface area contributed by atoms with Crippen LogP contribution in [0.4, 0.5) is 0 Å². The van der Waals surface area contributed by atoms with Crippen molar-refractivity contribution < 1.29 is 24.9 Å². The van der Waals surface area contributed by atoms with Gasteiger partial charge < -0.3 is 15.3 Å². The van der Waals surface area contributed by atoms with E-state index in [-0.39, 0.29) is 11.3 Å². The van der Waals surface area contributed by atoms with Crippen LogP contribution in [-0.4, -0.2) is 27.3 Å². The number of phenols is 1. The van der Waals surface area contributed by atoms with Crippen LogP contribution in [0.25, 0.3) is 0 Å². The summed E-state index contributed by atoms with van der Waals surface area (Å²) in [6, 6.07) is 8.48. The molecule has 0 aliphatic heterocycles. The Morgan fingerprint density at radius 3 is 1.78 bits per heavy atom. The van der Waals surface area contributed by atoms with Crippen molar-refractivity contribution in [1.29, 1.82) is 0 Å². The van der Waals surface area contributed by atoms with E-state index in [2.05, 4.69) is 0 Å². The molecule has 0 fully saturated rings. The molecule has 5 heteroatoms. The van der Waals surface area contributed by atoms with Crippen molar-refractivity contribution in [2.24, 2.45) is 0 Å².